The van der Waals surface area contributed by atoms with Crippen molar-refractivity contribution >= 4 is 12.1 Å². The monoisotopic (exact) mass is 413 g/mol. The molecule has 0 atom stereocenters. The third kappa shape index (κ3) is 4.90. The van der Waals surface area contributed by atoms with Gasteiger partial charge in [0.1, 0.15) is 11.5 Å². The van der Waals surface area contributed by atoms with E-state index in [-0.39, 0.29) is 17.0 Å². The van der Waals surface area contributed by atoms with E-state index in [4.69, 9.17) is 9.47 Å². The van der Waals surface area contributed by atoms with Crippen LogP contribution in [0.5, 0.6) is 11.6 Å². The number of hydrogen-bond donors (Lipinski definition) is 1. The first-order chi connectivity index (χ1) is 14.5. The maximum atomic E-state index is 13.8. The lowest BCUT2D eigenvalue weighted by Gasteiger charge is -2.05. The predicted molar refractivity (Wildman–Crippen MR) is 104 cm³/mol. The molecule has 154 valence electrons. The maximum absolute atomic E-state index is 13.8. The van der Waals surface area contributed by atoms with E-state index in [0.717, 1.165) is 12.3 Å². The number of nitrogens with one attached hydrogen (secondary N) is 1. The Balaban J connectivity index is 1.72. The number of nitrogens with zero attached hydrogens (tertiary/aromatic N) is 4. The molecule has 30 heavy (non-hydrogen) atoms. The molecular weight excluding hydrogens is 396 g/mol. The predicted octanol–water partition coefficient (Wildman–Crippen LogP) is 2.99. The SMILES string of the molecule is CCOc1ccc(-c2cncc(C(=O)N/N=C/c3cc(OC)c(F)cc3F)n2)cn1. The second kappa shape index (κ2) is 9.50. The molecule has 0 bridgehead atoms. The van der Waals surface area contributed by atoms with E-state index in [2.05, 4.69) is 25.5 Å². The molecule has 0 unspecified atom stereocenters. The van der Waals surface area contributed by atoms with Gasteiger partial charge >= 0.3 is 0 Å². The molecule has 3 rings (SSSR count). The third-order valence-corrected chi connectivity index (χ3v) is 3.83. The van der Waals surface area contributed by atoms with Crippen molar-refractivity contribution < 1.29 is 23.0 Å². The molecule has 0 aliphatic carbocycles. The van der Waals surface area contributed by atoms with Crippen molar-refractivity contribution in [2.45, 2.75) is 6.92 Å². The molecule has 0 saturated carbocycles. The summed E-state index contributed by atoms with van der Waals surface area (Å²) in [6.07, 6.45) is 5.33. The van der Waals surface area contributed by atoms with Crippen molar-refractivity contribution in [3.63, 3.8) is 0 Å². The molecule has 0 radical (unpaired) electrons. The van der Waals surface area contributed by atoms with Crippen molar-refractivity contribution in [2.24, 2.45) is 5.10 Å². The summed E-state index contributed by atoms with van der Waals surface area (Å²) < 4.78 is 37.3. The summed E-state index contributed by atoms with van der Waals surface area (Å²) in [6, 6.07) is 5.22. The first-order valence-corrected chi connectivity index (χ1v) is 8.79. The van der Waals surface area contributed by atoms with Crippen LogP contribution < -0.4 is 14.9 Å². The summed E-state index contributed by atoms with van der Waals surface area (Å²) in [5.74, 6) is -2.02. The lowest BCUT2D eigenvalue weighted by molar-refractivity contribution is 0.0950. The number of halogens is 2. The Morgan fingerprint density at radius 2 is 2.03 bits per heavy atom. The van der Waals surface area contributed by atoms with Gasteiger partial charge in [0.2, 0.25) is 5.88 Å². The van der Waals surface area contributed by atoms with Crippen LogP contribution >= 0.6 is 0 Å². The molecule has 0 spiro atoms. The van der Waals surface area contributed by atoms with E-state index in [9.17, 15) is 13.6 Å². The average molecular weight is 413 g/mol. The number of hydrogen-bond acceptors (Lipinski definition) is 7. The summed E-state index contributed by atoms with van der Waals surface area (Å²) in [7, 11) is 1.25. The Kier molecular flexibility index (Phi) is 6.58. The molecule has 10 heteroatoms. The van der Waals surface area contributed by atoms with Crippen molar-refractivity contribution in [2.75, 3.05) is 13.7 Å². The lowest BCUT2D eigenvalue weighted by atomic mass is 10.2. The second-order valence-corrected chi connectivity index (χ2v) is 5.82. The molecule has 0 saturated heterocycles. The number of carbonyl (C=O) groups is 1. The highest BCUT2D eigenvalue weighted by Crippen LogP contribution is 2.20. The number of aromatic nitrogens is 3. The highest BCUT2D eigenvalue weighted by Gasteiger charge is 2.11. The van der Waals surface area contributed by atoms with Gasteiger partial charge < -0.3 is 9.47 Å². The largest absolute Gasteiger partial charge is 0.494 e. The van der Waals surface area contributed by atoms with E-state index >= 15 is 0 Å². The molecule has 2 aromatic heterocycles. The van der Waals surface area contributed by atoms with Gasteiger partial charge in [-0.1, -0.05) is 0 Å². The highest BCUT2D eigenvalue weighted by atomic mass is 19.1. The average Bonchev–Trinajstić information content (AvgIpc) is 2.76. The molecule has 0 aliphatic heterocycles. The first-order valence-electron chi connectivity index (χ1n) is 8.79. The Morgan fingerprint density at radius 3 is 2.73 bits per heavy atom. The number of hydrazone groups is 1. The van der Waals surface area contributed by atoms with Gasteiger partial charge in [-0.2, -0.15) is 5.10 Å². The van der Waals surface area contributed by atoms with Crippen LogP contribution in [0.2, 0.25) is 0 Å². The number of rotatable bonds is 7. The van der Waals surface area contributed by atoms with Gasteiger partial charge in [0, 0.05) is 29.5 Å². The van der Waals surface area contributed by atoms with Crippen LogP contribution in [0, 0.1) is 11.6 Å². The van der Waals surface area contributed by atoms with Crippen LogP contribution in [0.3, 0.4) is 0 Å². The molecule has 0 fully saturated rings. The van der Waals surface area contributed by atoms with E-state index < -0.39 is 17.5 Å². The molecule has 8 nitrogen and oxygen atoms in total. The van der Waals surface area contributed by atoms with Crippen LogP contribution in [-0.4, -0.2) is 40.8 Å². The molecule has 2 heterocycles. The second-order valence-electron chi connectivity index (χ2n) is 5.82. The van der Waals surface area contributed by atoms with Crippen LogP contribution in [0.1, 0.15) is 23.0 Å². The minimum atomic E-state index is -0.851. The fraction of sp³-hybridized carbons (Fsp3) is 0.150. The number of pyridine rings is 1. The van der Waals surface area contributed by atoms with Crippen molar-refractivity contribution in [3.8, 4) is 22.9 Å². The Bertz CT molecular complexity index is 1070. The zero-order valence-corrected chi connectivity index (χ0v) is 16.1. The first kappa shape index (κ1) is 20.8. The van der Waals surface area contributed by atoms with Crippen molar-refractivity contribution in [1.29, 1.82) is 0 Å². The summed E-state index contributed by atoms with van der Waals surface area (Å²) in [6.45, 7) is 2.35. The number of carbonyl (C=O) groups excluding carboxylic acids is 1. The molecule has 1 aromatic carbocycles. The molecular formula is C20H17F2N5O3. The number of ether oxygens (including phenoxy) is 2. The summed E-state index contributed by atoms with van der Waals surface area (Å²) in [4.78, 5) is 24.7. The van der Waals surface area contributed by atoms with Gasteiger partial charge in [-0.3, -0.25) is 9.78 Å². The molecule has 3 aromatic rings. The number of methoxy groups -OCH3 is 1. The summed E-state index contributed by atoms with van der Waals surface area (Å²) >= 11 is 0. The zero-order valence-electron chi connectivity index (χ0n) is 16.1. The Morgan fingerprint density at radius 1 is 1.20 bits per heavy atom. The van der Waals surface area contributed by atoms with Crippen LogP contribution in [0.4, 0.5) is 8.78 Å². The Hall–Kier alpha value is -3.95. The van der Waals surface area contributed by atoms with Crippen LogP contribution in [0.15, 0.2) is 48.0 Å². The van der Waals surface area contributed by atoms with Gasteiger partial charge in [-0.15, -0.1) is 0 Å². The van der Waals surface area contributed by atoms with E-state index in [1.54, 1.807) is 18.3 Å². The van der Waals surface area contributed by atoms with E-state index in [1.807, 2.05) is 6.92 Å². The van der Waals surface area contributed by atoms with Crippen LogP contribution in [0.25, 0.3) is 11.3 Å². The fourth-order valence-electron chi connectivity index (χ4n) is 2.40. The zero-order chi connectivity index (χ0) is 21.5. The summed E-state index contributed by atoms with van der Waals surface area (Å²) in [5.41, 5.74) is 3.23. The number of amides is 1. The van der Waals surface area contributed by atoms with Crippen molar-refractivity contribution in [1.82, 2.24) is 20.4 Å². The smallest absolute Gasteiger partial charge is 0.291 e. The topological polar surface area (TPSA) is 98.6 Å². The van der Waals surface area contributed by atoms with Gasteiger partial charge in [0.05, 0.1) is 38.0 Å². The van der Waals surface area contributed by atoms with Gasteiger partial charge in [0.15, 0.2) is 11.6 Å². The number of benzene rings is 1. The van der Waals surface area contributed by atoms with Crippen LogP contribution in [-0.2, 0) is 0 Å². The molecule has 0 aliphatic rings. The summed E-state index contributed by atoms with van der Waals surface area (Å²) in [5, 5.41) is 3.68. The molecule has 1 amide bonds. The van der Waals surface area contributed by atoms with Gasteiger partial charge in [-0.25, -0.2) is 24.2 Å². The maximum Gasteiger partial charge on any atom is 0.291 e. The van der Waals surface area contributed by atoms with Gasteiger partial charge in [-0.05, 0) is 19.1 Å². The highest BCUT2D eigenvalue weighted by molar-refractivity contribution is 5.93. The standard InChI is InChI=1S/C20H17F2N5O3/c1-3-30-19-5-4-12(8-24-19)16-10-23-11-17(26-16)20(28)27-25-9-13-6-18(29-2)15(22)7-14(13)21/h4-11H,3H2,1-2H3,(H,27,28)/b25-9+. The van der Waals surface area contributed by atoms with E-state index in [0.29, 0.717) is 29.8 Å². The minimum Gasteiger partial charge on any atom is -0.494 e. The third-order valence-electron chi connectivity index (χ3n) is 3.83. The van der Waals surface area contributed by atoms with E-state index in [1.165, 1.54) is 19.5 Å². The fourth-order valence-corrected chi connectivity index (χ4v) is 2.40. The van der Waals surface area contributed by atoms with Crippen molar-refractivity contribution in [3.05, 3.63) is 65.7 Å². The van der Waals surface area contributed by atoms with Gasteiger partial charge in [0.25, 0.3) is 5.91 Å². The normalized spacial score (nSPS) is 10.8. The Labute approximate surface area is 170 Å². The molecule has 1 N–H and O–H groups in total. The minimum absolute atomic E-state index is 0.00399. The lowest BCUT2D eigenvalue weighted by Crippen LogP contribution is -2.19. The quantitative estimate of drug-likeness (QED) is 0.472.